The van der Waals surface area contributed by atoms with E-state index in [9.17, 15) is 9.59 Å². The van der Waals surface area contributed by atoms with Gasteiger partial charge in [-0.15, -0.1) is 11.3 Å². The molecule has 3 rings (SSSR count). The minimum atomic E-state index is -0.455. The van der Waals surface area contributed by atoms with E-state index in [-0.39, 0.29) is 5.91 Å². The second-order valence-electron chi connectivity index (χ2n) is 6.09. The summed E-state index contributed by atoms with van der Waals surface area (Å²) >= 11 is 1.23. The molecule has 1 aromatic heterocycles. The molecule has 0 saturated carbocycles. The minimum absolute atomic E-state index is 0.153. The zero-order valence-corrected chi connectivity index (χ0v) is 16.1. The van der Waals surface area contributed by atoms with Gasteiger partial charge < -0.3 is 10.1 Å². The van der Waals surface area contributed by atoms with Crippen molar-refractivity contribution in [2.24, 2.45) is 0 Å². The molecule has 28 heavy (non-hydrogen) atoms. The van der Waals surface area contributed by atoms with Gasteiger partial charge in [0.2, 0.25) is 5.91 Å². The maximum absolute atomic E-state index is 12.2. The van der Waals surface area contributed by atoms with Crippen molar-refractivity contribution in [3.8, 4) is 17.2 Å². The van der Waals surface area contributed by atoms with Crippen LogP contribution >= 0.6 is 11.3 Å². The van der Waals surface area contributed by atoms with E-state index in [4.69, 9.17) is 10.00 Å². The van der Waals surface area contributed by atoms with E-state index in [0.717, 1.165) is 16.7 Å². The Kier molecular flexibility index (Phi) is 6.20. The lowest BCUT2D eigenvalue weighted by Gasteiger charge is -2.07. The van der Waals surface area contributed by atoms with Crippen LogP contribution in [0.3, 0.4) is 0 Å². The SMILES string of the molecule is COC(=O)c1sccc1NC(=O)CCc1ccc(-c2ccc(C#N)cc2)cc1. The van der Waals surface area contributed by atoms with Gasteiger partial charge in [0.1, 0.15) is 4.88 Å². The maximum Gasteiger partial charge on any atom is 0.350 e. The molecule has 0 aliphatic rings. The maximum atomic E-state index is 12.2. The number of carbonyl (C=O) groups is 2. The lowest BCUT2D eigenvalue weighted by Crippen LogP contribution is -2.14. The first kappa shape index (κ1) is 19.3. The second kappa shape index (κ2) is 8.98. The Labute approximate surface area is 167 Å². The van der Waals surface area contributed by atoms with Crippen molar-refractivity contribution in [3.05, 3.63) is 76.0 Å². The molecule has 0 radical (unpaired) electrons. The Hall–Kier alpha value is -3.43. The van der Waals surface area contributed by atoms with Gasteiger partial charge in [-0.05, 0) is 46.7 Å². The highest BCUT2D eigenvalue weighted by molar-refractivity contribution is 7.12. The fraction of sp³-hybridized carbons (Fsp3) is 0.136. The number of nitriles is 1. The lowest BCUT2D eigenvalue weighted by atomic mass is 10.0. The quantitative estimate of drug-likeness (QED) is 0.622. The van der Waals surface area contributed by atoms with Crippen LogP contribution in [0.5, 0.6) is 0 Å². The van der Waals surface area contributed by atoms with Gasteiger partial charge in [0.25, 0.3) is 0 Å². The number of hydrogen-bond donors (Lipinski definition) is 1. The van der Waals surface area contributed by atoms with Gasteiger partial charge in [0, 0.05) is 6.42 Å². The molecule has 6 heteroatoms. The van der Waals surface area contributed by atoms with Crippen LogP contribution in [-0.2, 0) is 16.0 Å². The third kappa shape index (κ3) is 4.64. The number of aryl methyl sites for hydroxylation is 1. The number of methoxy groups -OCH3 is 1. The van der Waals surface area contributed by atoms with Gasteiger partial charge in [0.05, 0.1) is 24.4 Å². The molecule has 2 aromatic carbocycles. The van der Waals surface area contributed by atoms with E-state index < -0.39 is 5.97 Å². The topological polar surface area (TPSA) is 79.2 Å². The number of benzene rings is 2. The molecule has 0 aliphatic heterocycles. The zero-order chi connectivity index (χ0) is 19.9. The fourth-order valence-electron chi connectivity index (χ4n) is 2.73. The molecule has 0 unspecified atom stereocenters. The van der Waals surface area contributed by atoms with Gasteiger partial charge >= 0.3 is 5.97 Å². The van der Waals surface area contributed by atoms with Gasteiger partial charge in [-0.2, -0.15) is 5.26 Å². The molecule has 0 fully saturated rings. The number of anilines is 1. The number of nitrogens with one attached hydrogen (secondary N) is 1. The summed E-state index contributed by atoms with van der Waals surface area (Å²) in [6.45, 7) is 0. The molecular weight excluding hydrogens is 372 g/mol. The summed E-state index contributed by atoms with van der Waals surface area (Å²) in [7, 11) is 1.31. The van der Waals surface area contributed by atoms with Crippen molar-refractivity contribution in [3.63, 3.8) is 0 Å². The molecule has 1 N–H and O–H groups in total. The highest BCUT2D eigenvalue weighted by Crippen LogP contribution is 2.24. The molecular formula is C22H18N2O3S. The van der Waals surface area contributed by atoms with E-state index in [1.54, 1.807) is 23.6 Å². The van der Waals surface area contributed by atoms with Crippen LogP contribution in [0.1, 0.15) is 27.2 Å². The van der Waals surface area contributed by atoms with Gasteiger partial charge in [0.15, 0.2) is 0 Å². The number of rotatable bonds is 6. The summed E-state index contributed by atoms with van der Waals surface area (Å²) < 4.78 is 4.71. The van der Waals surface area contributed by atoms with Crippen molar-refractivity contribution >= 4 is 28.9 Å². The largest absolute Gasteiger partial charge is 0.465 e. The average molecular weight is 390 g/mol. The van der Waals surface area contributed by atoms with Crippen LogP contribution in [0.2, 0.25) is 0 Å². The Morgan fingerprint density at radius 3 is 2.29 bits per heavy atom. The molecule has 1 amide bonds. The third-order valence-electron chi connectivity index (χ3n) is 4.25. The van der Waals surface area contributed by atoms with Crippen molar-refractivity contribution < 1.29 is 14.3 Å². The smallest absolute Gasteiger partial charge is 0.350 e. The first-order valence-corrected chi connectivity index (χ1v) is 9.54. The van der Waals surface area contributed by atoms with Crippen molar-refractivity contribution in [1.29, 1.82) is 5.26 Å². The highest BCUT2D eigenvalue weighted by Gasteiger charge is 2.15. The number of carbonyl (C=O) groups excluding carboxylic acids is 2. The molecule has 0 atom stereocenters. The molecule has 3 aromatic rings. The van der Waals surface area contributed by atoms with Crippen LogP contribution in [-0.4, -0.2) is 19.0 Å². The number of ether oxygens (including phenoxy) is 1. The molecule has 140 valence electrons. The summed E-state index contributed by atoms with van der Waals surface area (Å²) in [6.07, 6.45) is 0.907. The Morgan fingerprint density at radius 2 is 1.68 bits per heavy atom. The lowest BCUT2D eigenvalue weighted by molar-refractivity contribution is -0.116. The van der Waals surface area contributed by atoms with Crippen LogP contribution in [0.15, 0.2) is 60.0 Å². The predicted octanol–water partition coefficient (Wildman–Crippen LogP) is 4.64. The standard InChI is InChI=1S/C22H18N2O3S/c1-27-22(26)21-19(12-13-28-21)24-20(25)11-6-15-2-7-17(8-3-15)18-9-4-16(14-23)5-10-18/h2-5,7-10,12-13H,6,11H2,1H3,(H,24,25). The highest BCUT2D eigenvalue weighted by atomic mass is 32.1. The van der Waals surface area contributed by atoms with Crippen molar-refractivity contribution in [1.82, 2.24) is 0 Å². The summed E-state index contributed by atoms with van der Waals surface area (Å²) in [5.74, 6) is -0.608. The van der Waals surface area contributed by atoms with E-state index in [1.165, 1.54) is 18.4 Å². The summed E-state index contributed by atoms with van der Waals surface area (Å²) in [4.78, 5) is 24.3. The summed E-state index contributed by atoms with van der Waals surface area (Å²) in [5.41, 5.74) is 4.26. The molecule has 0 aliphatic carbocycles. The van der Waals surface area contributed by atoms with Crippen LogP contribution in [0.4, 0.5) is 5.69 Å². The number of hydrogen-bond acceptors (Lipinski definition) is 5. The Morgan fingerprint density at radius 1 is 1.04 bits per heavy atom. The number of amides is 1. The molecule has 0 spiro atoms. The van der Waals surface area contributed by atoms with Gasteiger partial charge in [-0.3, -0.25) is 4.79 Å². The van der Waals surface area contributed by atoms with Gasteiger partial charge in [-0.25, -0.2) is 4.79 Å². The van der Waals surface area contributed by atoms with E-state index in [0.29, 0.717) is 29.0 Å². The third-order valence-corrected chi connectivity index (χ3v) is 5.15. The van der Waals surface area contributed by atoms with E-state index >= 15 is 0 Å². The van der Waals surface area contributed by atoms with Crippen LogP contribution < -0.4 is 5.32 Å². The monoisotopic (exact) mass is 390 g/mol. The van der Waals surface area contributed by atoms with E-state index in [1.807, 2.05) is 36.4 Å². The second-order valence-corrected chi connectivity index (χ2v) is 7.01. The molecule has 0 saturated heterocycles. The Bertz CT molecular complexity index is 1020. The molecule has 0 bridgehead atoms. The number of thiophene rings is 1. The fourth-order valence-corrected chi connectivity index (χ4v) is 3.50. The first-order valence-electron chi connectivity index (χ1n) is 8.66. The summed E-state index contributed by atoms with van der Waals surface area (Å²) in [5, 5.41) is 13.4. The molecule has 5 nitrogen and oxygen atoms in total. The summed E-state index contributed by atoms with van der Waals surface area (Å²) in [6, 6.07) is 19.2. The average Bonchev–Trinajstić information content (AvgIpc) is 3.20. The number of esters is 1. The van der Waals surface area contributed by atoms with Crippen LogP contribution in [0, 0.1) is 11.3 Å². The van der Waals surface area contributed by atoms with Crippen LogP contribution in [0.25, 0.3) is 11.1 Å². The molecule has 1 heterocycles. The number of nitrogens with zero attached hydrogens (tertiary/aromatic N) is 1. The van der Waals surface area contributed by atoms with Crippen molar-refractivity contribution in [2.45, 2.75) is 12.8 Å². The zero-order valence-electron chi connectivity index (χ0n) is 15.3. The van der Waals surface area contributed by atoms with Gasteiger partial charge in [-0.1, -0.05) is 36.4 Å². The van der Waals surface area contributed by atoms with Crippen molar-refractivity contribution in [2.75, 3.05) is 12.4 Å². The van der Waals surface area contributed by atoms with E-state index in [2.05, 4.69) is 11.4 Å². The predicted molar refractivity (Wildman–Crippen MR) is 109 cm³/mol. The Balaban J connectivity index is 1.57. The minimum Gasteiger partial charge on any atom is -0.465 e. The normalized spacial score (nSPS) is 10.1. The first-order chi connectivity index (χ1) is 13.6.